The van der Waals surface area contributed by atoms with Crippen molar-refractivity contribution in [2.45, 2.75) is 63.6 Å². The van der Waals surface area contributed by atoms with Gasteiger partial charge in [0.05, 0.1) is 11.7 Å². The molecule has 1 aliphatic heterocycles. The minimum absolute atomic E-state index is 0.308. The van der Waals surface area contributed by atoms with Gasteiger partial charge in [-0.25, -0.2) is 0 Å². The van der Waals surface area contributed by atoms with E-state index in [1.54, 1.807) is 0 Å². The van der Waals surface area contributed by atoms with E-state index in [0.717, 1.165) is 44.6 Å². The van der Waals surface area contributed by atoms with Gasteiger partial charge in [-0.3, -0.25) is 0 Å². The van der Waals surface area contributed by atoms with E-state index in [-0.39, 0.29) is 5.60 Å². The Labute approximate surface area is 86.6 Å². The van der Waals surface area contributed by atoms with E-state index in [9.17, 15) is 5.11 Å². The second-order valence-corrected chi connectivity index (χ2v) is 5.27. The van der Waals surface area contributed by atoms with E-state index in [1.165, 1.54) is 12.8 Å². The zero-order valence-corrected chi connectivity index (χ0v) is 9.17. The molecule has 2 aliphatic rings. The van der Waals surface area contributed by atoms with Crippen LogP contribution in [0.15, 0.2) is 0 Å². The summed E-state index contributed by atoms with van der Waals surface area (Å²) in [6.45, 7) is 3.17. The van der Waals surface area contributed by atoms with Crippen molar-refractivity contribution in [2.24, 2.45) is 5.92 Å². The summed E-state index contributed by atoms with van der Waals surface area (Å²) in [4.78, 5) is 0. The maximum Gasteiger partial charge on any atom is 0.0653 e. The lowest BCUT2D eigenvalue weighted by atomic mass is 9.69. The van der Waals surface area contributed by atoms with Crippen LogP contribution in [0.4, 0.5) is 0 Å². The van der Waals surface area contributed by atoms with Crippen molar-refractivity contribution in [1.29, 1.82) is 0 Å². The Balaban J connectivity index is 1.58. The Morgan fingerprint density at radius 1 is 1.43 bits per heavy atom. The minimum atomic E-state index is -0.308. The van der Waals surface area contributed by atoms with Crippen LogP contribution in [-0.2, 0) is 4.74 Å². The standard InChI is InChI=1S/C12H22O2/c1-10-8-12(13,9-10)6-2-4-11-5-3-7-14-11/h10-11,13H,2-9H2,1H3. The average Bonchev–Trinajstić information content (AvgIpc) is 2.54. The van der Waals surface area contributed by atoms with Crippen LogP contribution in [0.2, 0.25) is 0 Å². The lowest BCUT2D eigenvalue weighted by Gasteiger charge is -2.42. The van der Waals surface area contributed by atoms with Gasteiger partial charge in [-0.15, -0.1) is 0 Å². The summed E-state index contributed by atoms with van der Waals surface area (Å²) < 4.78 is 5.56. The van der Waals surface area contributed by atoms with E-state index < -0.39 is 0 Å². The second kappa shape index (κ2) is 4.19. The van der Waals surface area contributed by atoms with Gasteiger partial charge in [0.15, 0.2) is 0 Å². The van der Waals surface area contributed by atoms with Crippen LogP contribution in [-0.4, -0.2) is 23.4 Å². The molecule has 82 valence electrons. The lowest BCUT2D eigenvalue weighted by molar-refractivity contribution is -0.0765. The number of hydrogen-bond acceptors (Lipinski definition) is 2. The largest absolute Gasteiger partial charge is 0.390 e. The number of ether oxygens (including phenoxy) is 1. The van der Waals surface area contributed by atoms with Crippen LogP contribution in [0.3, 0.4) is 0 Å². The topological polar surface area (TPSA) is 29.5 Å². The van der Waals surface area contributed by atoms with E-state index in [1.807, 2.05) is 0 Å². The summed E-state index contributed by atoms with van der Waals surface area (Å²) >= 11 is 0. The molecule has 2 rings (SSSR count). The molecular weight excluding hydrogens is 176 g/mol. The number of rotatable bonds is 4. The van der Waals surface area contributed by atoms with Gasteiger partial charge in [-0.05, 0) is 50.9 Å². The highest BCUT2D eigenvalue weighted by atomic mass is 16.5. The van der Waals surface area contributed by atoms with Crippen molar-refractivity contribution in [3.05, 3.63) is 0 Å². The smallest absolute Gasteiger partial charge is 0.0653 e. The SMILES string of the molecule is CC1CC(O)(CCCC2CCCO2)C1. The maximum absolute atomic E-state index is 10.0. The summed E-state index contributed by atoms with van der Waals surface area (Å²) in [5.74, 6) is 0.739. The van der Waals surface area contributed by atoms with E-state index in [4.69, 9.17) is 4.74 Å². The normalized spacial score (nSPS) is 42.4. The third kappa shape index (κ3) is 2.48. The molecule has 1 heterocycles. The summed E-state index contributed by atoms with van der Waals surface area (Å²) in [7, 11) is 0. The molecule has 2 nitrogen and oxygen atoms in total. The van der Waals surface area contributed by atoms with E-state index in [0.29, 0.717) is 6.10 Å². The first kappa shape index (κ1) is 10.4. The molecule has 2 heteroatoms. The van der Waals surface area contributed by atoms with Gasteiger partial charge in [0, 0.05) is 6.61 Å². The Hall–Kier alpha value is -0.0800. The zero-order valence-electron chi connectivity index (χ0n) is 9.17. The number of aliphatic hydroxyl groups is 1. The molecule has 1 saturated carbocycles. The first-order valence-corrected chi connectivity index (χ1v) is 6.02. The fourth-order valence-corrected chi connectivity index (χ4v) is 2.97. The average molecular weight is 198 g/mol. The van der Waals surface area contributed by atoms with Gasteiger partial charge in [-0.1, -0.05) is 6.92 Å². The minimum Gasteiger partial charge on any atom is -0.390 e. The van der Waals surface area contributed by atoms with Crippen molar-refractivity contribution < 1.29 is 9.84 Å². The molecule has 0 amide bonds. The molecule has 1 aliphatic carbocycles. The quantitative estimate of drug-likeness (QED) is 0.752. The van der Waals surface area contributed by atoms with Gasteiger partial charge in [0.25, 0.3) is 0 Å². The molecule has 0 aromatic carbocycles. The van der Waals surface area contributed by atoms with Crippen LogP contribution < -0.4 is 0 Å². The Kier molecular flexibility index (Phi) is 3.13. The van der Waals surface area contributed by atoms with Crippen molar-refractivity contribution in [3.63, 3.8) is 0 Å². The van der Waals surface area contributed by atoms with Gasteiger partial charge in [-0.2, -0.15) is 0 Å². The Bertz CT molecular complexity index is 179. The third-order valence-corrected chi connectivity index (χ3v) is 3.65. The second-order valence-electron chi connectivity index (χ2n) is 5.27. The molecule has 2 fully saturated rings. The van der Waals surface area contributed by atoms with Crippen LogP contribution in [0.25, 0.3) is 0 Å². The fraction of sp³-hybridized carbons (Fsp3) is 1.00. The molecule has 0 aromatic rings. The molecule has 1 N–H and O–H groups in total. The van der Waals surface area contributed by atoms with Gasteiger partial charge < -0.3 is 9.84 Å². The molecule has 0 bridgehead atoms. The van der Waals surface area contributed by atoms with Crippen molar-refractivity contribution in [1.82, 2.24) is 0 Å². The Morgan fingerprint density at radius 3 is 2.79 bits per heavy atom. The molecule has 1 atom stereocenters. The summed E-state index contributed by atoms with van der Waals surface area (Å²) in [5, 5.41) is 10.0. The monoisotopic (exact) mass is 198 g/mol. The van der Waals surface area contributed by atoms with Crippen LogP contribution in [0.5, 0.6) is 0 Å². The third-order valence-electron chi connectivity index (χ3n) is 3.65. The van der Waals surface area contributed by atoms with Crippen LogP contribution >= 0.6 is 0 Å². The molecule has 0 aromatic heterocycles. The zero-order chi connectivity index (χ0) is 10.0. The molecule has 0 spiro atoms. The predicted octanol–water partition coefficient (Wildman–Crippen LogP) is 2.50. The Morgan fingerprint density at radius 2 is 2.21 bits per heavy atom. The highest BCUT2D eigenvalue weighted by Crippen LogP contribution is 2.41. The van der Waals surface area contributed by atoms with Crippen molar-refractivity contribution in [3.8, 4) is 0 Å². The first-order chi connectivity index (χ1) is 6.68. The fourth-order valence-electron chi connectivity index (χ4n) is 2.97. The predicted molar refractivity (Wildman–Crippen MR) is 56.2 cm³/mol. The summed E-state index contributed by atoms with van der Waals surface area (Å²) in [5.41, 5.74) is -0.308. The summed E-state index contributed by atoms with van der Waals surface area (Å²) in [6, 6.07) is 0. The van der Waals surface area contributed by atoms with E-state index in [2.05, 4.69) is 6.92 Å². The van der Waals surface area contributed by atoms with Gasteiger partial charge in [0.1, 0.15) is 0 Å². The van der Waals surface area contributed by atoms with Crippen molar-refractivity contribution >= 4 is 0 Å². The molecule has 0 radical (unpaired) electrons. The highest BCUT2D eigenvalue weighted by Gasteiger charge is 2.39. The molecule has 1 unspecified atom stereocenters. The van der Waals surface area contributed by atoms with Crippen LogP contribution in [0, 0.1) is 5.92 Å². The maximum atomic E-state index is 10.0. The van der Waals surface area contributed by atoms with E-state index >= 15 is 0 Å². The first-order valence-electron chi connectivity index (χ1n) is 6.02. The highest BCUT2D eigenvalue weighted by molar-refractivity contribution is 4.91. The molecule has 14 heavy (non-hydrogen) atoms. The van der Waals surface area contributed by atoms with Gasteiger partial charge >= 0.3 is 0 Å². The number of hydrogen-bond donors (Lipinski definition) is 1. The van der Waals surface area contributed by atoms with Crippen LogP contribution in [0.1, 0.15) is 51.9 Å². The lowest BCUT2D eigenvalue weighted by Crippen LogP contribution is -2.42. The van der Waals surface area contributed by atoms with Gasteiger partial charge in [0.2, 0.25) is 0 Å². The van der Waals surface area contributed by atoms with Crippen molar-refractivity contribution in [2.75, 3.05) is 6.61 Å². The molecular formula is C12H22O2. The summed E-state index contributed by atoms with van der Waals surface area (Å²) in [6.07, 6.45) is 8.25. The molecule has 1 saturated heterocycles.